The molecule has 0 amide bonds. The number of nitrogens with zero attached hydrogens (tertiary/aromatic N) is 2. The number of hydrogen-bond donors (Lipinski definition) is 2. The highest BCUT2D eigenvalue weighted by Gasteiger charge is 2.31. The van der Waals surface area contributed by atoms with E-state index in [1.807, 2.05) is 0 Å². The first-order chi connectivity index (χ1) is 16.8. The van der Waals surface area contributed by atoms with Gasteiger partial charge in [0.05, 0.1) is 24.5 Å². The zero-order valence-corrected chi connectivity index (χ0v) is 19.5. The van der Waals surface area contributed by atoms with E-state index >= 15 is 0 Å². The van der Waals surface area contributed by atoms with Crippen LogP contribution in [-0.2, 0) is 18.6 Å². The van der Waals surface area contributed by atoms with Crippen molar-refractivity contribution in [2.24, 2.45) is 0 Å². The minimum absolute atomic E-state index is 0.0160. The second-order valence-corrected chi connectivity index (χ2v) is 8.77. The maximum atomic E-state index is 14.0. The van der Waals surface area contributed by atoms with Crippen LogP contribution in [0, 0.1) is 18.6 Å². The molecule has 4 rings (SSSR count). The molecular weight excluding hydrogens is 454 g/mol. The molecule has 0 unspecified atom stereocenters. The predicted octanol–water partition coefficient (Wildman–Crippen LogP) is 4.52. The number of imidazole rings is 1. The third-order valence-corrected chi connectivity index (χ3v) is 6.22. The molecule has 1 atom stereocenters. The third kappa shape index (κ3) is 4.80. The summed E-state index contributed by atoms with van der Waals surface area (Å²) < 4.78 is 35.3. The Bertz CT molecular complexity index is 1350. The molecule has 0 aliphatic heterocycles. The Hall–Kier alpha value is -3.62. The molecule has 35 heavy (non-hydrogen) atoms. The van der Waals surface area contributed by atoms with Crippen LogP contribution in [0.5, 0.6) is 5.75 Å². The van der Waals surface area contributed by atoms with Gasteiger partial charge in [0.1, 0.15) is 23.9 Å². The SMILES string of the molecule is Cc1nc2c(OCc3c(F)cccc3F)cccn2c1C(=O)C[C@](C)(CO)c1ccc(CO)cc1. The van der Waals surface area contributed by atoms with Gasteiger partial charge in [-0.3, -0.25) is 9.20 Å². The van der Waals surface area contributed by atoms with E-state index in [4.69, 9.17) is 4.74 Å². The summed E-state index contributed by atoms with van der Waals surface area (Å²) in [6.07, 6.45) is 1.69. The second kappa shape index (κ2) is 9.93. The van der Waals surface area contributed by atoms with E-state index in [-0.39, 0.29) is 43.3 Å². The lowest BCUT2D eigenvalue weighted by atomic mass is 9.78. The van der Waals surface area contributed by atoms with Crippen LogP contribution >= 0.6 is 0 Å². The molecule has 0 aliphatic rings. The monoisotopic (exact) mass is 480 g/mol. The number of aromatic nitrogens is 2. The minimum Gasteiger partial charge on any atom is -0.485 e. The van der Waals surface area contributed by atoms with Gasteiger partial charge in [-0.2, -0.15) is 0 Å². The Balaban J connectivity index is 1.63. The summed E-state index contributed by atoms with van der Waals surface area (Å²) in [7, 11) is 0. The maximum absolute atomic E-state index is 14.0. The number of ketones is 1. The number of carbonyl (C=O) groups is 1. The summed E-state index contributed by atoms with van der Waals surface area (Å²) >= 11 is 0. The van der Waals surface area contributed by atoms with Crippen molar-refractivity contribution >= 4 is 11.4 Å². The van der Waals surface area contributed by atoms with Crippen molar-refractivity contribution in [1.29, 1.82) is 0 Å². The Kier molecular flexibility index (Phi) is 6.95. The van der Waals surface area contributed by atoms with Crippen molar-refractivity contribution < 1.29 is 28.5 Å². The van der Waals surface area contributed by atoms with Gasteiger partial charge < -0.3 is 14.9 Å². The fourth-order valence-electron chi connectivity index (χ4n) is 4.12. The van der Waals surface area contributed by atoms with Gasteiger partial charge >= 0.3 is 0 Å². The molecule has 2 aromatic carbocycles. The Labute approximate surface area is 201 Å². The highest BCUT2D eigenvalue weighted by Crippen LogP contribution is 2.31. The van der Waals surface area contributed by atoms with Crippen molar-refractivity contribution in [2.75, 3.05) is 6.61 Å². The Morgan fingerprint density at radius 2 is 1.74 bits per heavy atom. The van der Waals surface area contributed by atoms with Gasteiger partial charge in [0.15, 0.2) is 17.2 Å². The van der Waals surface area contributed by atoms with Gasteiger partial charge in [-0.05, 0) is 42.3 Å². The number of aryl methyl sites for hydroxylation is 1. The number of aliphatic hydroxyl groups excluding tert-OH is 2. The average molecular weight is 481 g/mol. The summed E-state index contributed by atoms with van der Waals surface area (Å²) in [5, 5.41) is 19.4. The molecule has 4 aromatic rings. The van der Waals surface area contributed by atoms with Gasteiger partial charge in [0, 0.05) is 18.0 Å². The van der Waals surface area contributed by atoms with Gasteiger partial charge in [-0.1, -0.05) is 37.3 Å². The number of pyridine rings is 1. The number of aliphatic hydroxyl groups is 2. The van der Waals surface area contributed by atoms with Crippen LogP contribution in [0.3, 0.4) is 0 Å². The number of benzene rings is 2. The highest BCUT2D eigenvalue weighted by molar-refractivity contribution is 5.97. The lowest BCUT2D eigenvalue weighted by molar-refractivity contribution is 0.0912. The lowest BCUT2D eigenvalue weighted by Gasteiger charge is -2.27. The third-order valence-electron chi connectivity index (χ3n) is 6.22. The largest absolute Gasteiger partial charge is 0.485 e. The van der Waals surface area contributed by atoms with Gasteiger partial charge in [0.2, 0.25) is 0 Å². The van der Waals surface area contributed by atoms with E-state index in [2.05, 4.69) is 4.98 Å². The summed E-state index contributed by atoms with van der Waals surface area (Å²) in [5.74, 6) is -1.36. The van der Waals surface area contributed by atoms with Crippen LogP contribution in [0.15, 0.2) is 60.8 Å². The Morgan fingerprint density at radius 3 is 2.37 bits per heavy atom. The molecule has 0 saturated carbocycles. The van der Waals surface area contributed by atoms with E-state index < -0.39 is 17.0 Å². The molecule has 2 aromatic heterocycles. The first kappa shape index (κ1) is 24.5. The average Bonchev–Trinajstić information content (AvgIpc) is 3.20. The summed E-state index contributed by atoms with van der Waals surface area (Å²) in [4.78, 5) is 17.9. The number of halogens is 2. The highest BCUT2D eigenvalue weighted by atomic mass is 19.1. The normalized spacial score (nSPS) is 13.1. The van der Waals surface area contributed by atoms with E-state index in [1.54, 1.807) is 60.8 Å². The van der Waals surface area contributed by atoms with Crippen molar-refractivity contribution in [3.8, 4) is 5.75 Å². The number of fused-ring (bicyclic) bond motifs is 1. The summed E-state index contributed by atoms with van der Waals surface area (Å²) in [5.41, 5.74) is 1.63. The smallest absolute Gasteiger partial charge is 0.182 e. The second-order valence-electron chi connectivity index (χ2n) is 8.77. The minimum atomic E-state index is -0.849. The molecule has 2 heterocycles. The molecule has 0 spiro atoms. The summed E-state index contributed by atoms with van der Waals surface area (Å²) in [6.45, 7) is 2.82. The molecule has 2 N–H and O–H groups in total. The first-order valence-electron chi connectivity index (χ1n) is 11.1. The first-order valence-corrected chi connectivity index (χ1v) is 11.1. The van der Waals surface area contributed by atoms with E-state index in [9.17, 15) is 23.8 Å². The van der Waals surface area contributed by atoms with Crippen LogP contribution in [0.2, 0.25) is 0 Å². The zero-order chi connectivity index (χ0) is 25.2. The van der Waals surface area contributed by atoms with E-state index in [0.29, 0.717) is 17.0 Å². The number of rotatable bonds is 9. The van der Waals surface area contributed by atoms with Crippen LogP contribution in [-0.4, -0.2) is 32.0 Å². The summed E-state index contributed by atoms with van der Waals surface area (Å²) in [6, 6.07) is 14.0. The fourth-order valence-corrected chi connectivity index (χ4v) is 4.12. The number of carbonyl (C=O) groups excluding carboxylic acids is 1. The van der Waals surface area contributed by atoms with Gasteiger partial charge in [0.25, 0.3) is 0 Å². The molecule has 0 fully saturated rings. The molecule has 8 heteroatoms. The van der Waals surface area contributed by atoms with E-state index in [0.717, 1.165) is 23.3 Å². The topological polar surface area (TPSA) is 84.1 Å². The predicted molar refractivity (Wildman–Crippen MR) is 126 cm³/mol. The van der Waals surface area contributed by atoms with Crippen LogP contribution < -0.4 is 4.74 Å². The molecule has 182 valence electrons. The molecular formula is C27H26F2N2O4. The lowest BCUT2D eigenvalue weighted by Crippen LogP contribution is -2.30. The quantitative estimate of drug-likeness (QED) is 0.344. The Morgan fingerprint density at radius 1 is 1.06 bits per heavy atom. The molecule has 0 radical (unpaired) electrons. The van der Waals surface area contributed by atoms with Gasteiger partial charge in [-0.15, -0.1) is 0 Å². The van der Waals surface area contributed by atoms with Gasteiger partial charge in [-0.25, -0.2) is 13.8 Å². The van der Waals surface area contributed by atoms with Crippen LogP contribution in [0.4, 0.5) is 8.78 Å². The molecule has 6 nitrogen and oxygen atoms in total. The van der Waals surface area contributed by atoms with Crippen molar-refractivity contribution in [3.05, 3.63) is 101 Å². The number of hydrogen-bond acceptors (Lipinski definition) is 5. The molecule has 0 bridgehead atoms. The fraction of sp³-hybridized carbons (Fsp3) is 0.259. The molecule has 0 aliphatic carbocycles. The van der Waals surface area contributed by atoms with Crippen molar-refractivity contribution in [2.45, 2.75) is 38.9 Å². The molecule has 0 saturated heterocycles. The van der Waals surface area contributed by atoms with Crippen LogP contribution in [0.1, 0.15) is 46.2 Å². The van der Waals surface area contributed by atoms with Crippen molar-refractivity contribution in [3.63, 3.8) is 0 Å². The standard InChI is InChI=1S/C27H26F2N2O4/c1-17-25(23(34)13-27(2,16-33)19-10-8-18(14-32)9-11-19)31-12-4-7-24(26(31)30-17)35-15-20-21(28)5-3-6-22(20)29/h3-12,32-33H,13-16H2,1-2H3/t27-/m1/s1. The van der Waals surface area contributed by atoms with Crippen LogP contribution in [0.25, 0.3) is 5.65 Å². The number of ether oxygens (including phenoxy) is 1. The van der Waals surface area contributed by atoms with E-state index in [1.165, 1.54) is 6.07 Å². The zero-order valence-electron chi connectivity index (χ0n) is 19.5. The maximum Gasteiger partial charge on any atom is 0.182 e. The number of Topliss-reactive ketones (excluding diaryl/α,β-unsaturated/α-hetero) is 1. The van der Waals surface area contributed by atoms with Crippen molar-refractivity contribution in [1.82, 2.24) is 9.38 Å².